The molecule has 0 spiro atoms. The molecule has 8 atom stereocenters. The number of halogens is 4. The van der Waals surface area contributed by atoms with Crippen LogP contribution >= 0.6 is 0 Å². The van der Waals surface area contributed by atoms with E-state index in [-0.39, 0.29) is 153 Å². The molecule has 0 aliphatic carbocycles. The number of nitrogens with zero attached hydrogens (tertiary/aromatic N) is 8. The van der Waals surface area contributed by atoms with Crippen molar-refractivity contribution in [3.8, 4) is 45.6 Å². The zero-order valence-electron chi connectivity index (χ0n) is 59.0. The van der Waals surface area contributed by atoms with Crippen LogP contribution in [0.3, 0.4) is 0 Å². The van der Waals surface area contributed by atoms with Gasteiger partial charge < -0.3 is 40.9 Å². The predicted molar refractivity (Wildman–Crippen MR) is 386 cm³/mol. The second kappa shape index (κ2) is 49.0. The van der Waals surface area contributed by atoms with Crippen LogP contribution in [-0.4, -0.2) is 130 Å². The van der Waals surface area contributed by atoms with Crippen molar-refractivity contribution in [2.45, 2.75) is 151 Å². The molecule has 0 aliphatic heterocycles. The van der Waals surface area contributed by atoms with Gasteiger partial charge in [0.25, 0.3) is 0 Å². The number of pyridine rings is 8. The van der Waals surface area contributed by atoms with E-state index in [4.69, 9.17) is 40.9 Å². The Balaban J connectivity index is 0.000000606. The first kappa shape index (κ1) is 94.1. The van der Waals surface area contributed by atoms with Gasteiger partial charge in [-0.15, -0.1) is 0 Å². The van der Waals surface area contributed by atoms with E-state index in [1.807, 2.05) is 136 Å². The molecular formula is C79H90F4Ir4N8O8. The molecule has 12 rings (SSSR count). The molecule has 12 aromatic rings. The van der Waals surface area contributed by atoms with Gasteiger partial charge in [-0.3, -0.25) is 19.9 Å². The van der Waals surface area contributed by atoms with Crippen LogP contribution in [0.4, 0.5) is 17.6 Å². The number of aryl methyl sites for hydroxylation is 3. The van der Waals surface area contributed by atoms with Gasteiger partial charge >= 0.3 is 0 Å². The Morgan fingerprint density at radius 1 is 0.272 bits per heavy atom. The van der Waals surface area contributed by atoms with Gasteiger partial charge in [-0.05, 0) is 252 Å². The van der Waals surface area contributed by atoms with Crippen molar-refractivity contribution in [1.29, 1.82) is 0 Å². The van der Waals surface area contributed by atoms with Crippen LogP contribution in [0.1, 0.15) is 97.9 Å². The second-order valence-electron chi connectivity index (χ2n) is 24.2. The summed E-state index contributed by atoms with van der Waals surface area (Å²) in [6, 6.07) is 52.6. The van der Waals surface area contributed by atoms with Crippen molar-refractivity contribution in [2.75, 3.05) is 0 Å². The number of rotatable bonds is 12. The fourth-order valence-electron chi connectivity index (χ4n) is 9.43. The van der Waals surface area contributed by atoms with E-state index >= 15 is 0 Å². The van der Waals surface area contributed by atoms with E-state index in [9.17, 15) is 17.6 Å². The summed E-state index contributed by atoms with van der Waals surface area (Å²) in [5, 5.41) is 71.7. The van der Waals surface area contributed by atoms with Crippen molar-refractivity contribution < 1.29 is 139 Å². The minimum atomic E-state index is -0.375. The molecule has 0 amide bonds. The summed E-state index contributed by atoms with van der Waals surface area (Å²) >= 11 is 0. The average Bonchev–Trinajstić information content (AvgIpc) is 0.838. The van der Waals surface area contributed by atoms with Crippen molar-refractivity contribution >= 4 is 43.6 Å². The Kier molecular flexibility index (Phi) is 44.8. The van der Waals surface area contributed by atoms with Crippen molar-refractivity contribution in [3.05, 3.63) is 241 Å². The third kappa shape index (κ3) is 36.1. The van der Waals surface area contributed by atoms with Crippen molar-refractivity contribution in [1.82, 2.24) is 39.9 Å². The summed E-state index contributed by atoms with van der Waals surface area (Å²) in [4.78, 5) is 35.2. The average molecular weight is 2120 g/mol. The Bertz CT molecular complexity index is 4200. The molecule has 8 unspecified atom stereocenters. The van der Waals surface area contributed by atoms with Gasteiger partial charge in [0, 0.05) is 126 Å². The third-order valence-electron chi connectivity index (χ3n) is 13.8. The molecule has 0 bridgehead atoms. The maximum Gasteiger partial charge on any atom is 0.123 e. The fraction of sp³-hybridized carbons (Fsp3) is 0.291. The summed E-state index contributed by atoms with van der Waals surface area (Å²) < 4.78 is 52.2. The quantitative estimate of drug-likeness (QED) is 0.0529. The van der Waals surface area contributed by atoms with Crippen molar-refractivity contribution in [3.63, 3.8) is 0 Å². The summed E-state index contributed by atoms with van der Waals surface area (Å²) in [5.74, 6) is -0.980. The molecule has 558 valence electrons. The van der Waals surface area contributed by atoms with Crippen LogP contribution in [0.15, 0.2) is 201 Å². The smallest absolute Gasteiger partial charge is 0.123 e. The number of hydrogen-bond donors (Lipinski definition) is 8. The molecule has 0 saturated carbocycles. The first-order valence-electron chi connectivity index (χ1n) is 32.4. The van der Waals surface area contributed by atoms with E-state index < -0.39 is 0 Å². The van der Waals surface area contributed by atoms with Gasteiger partial charge in [0.05, 0.1) is 116 Å². The Morgan fingerprint density at radius 3 is 0.864 bits per heavy atom. The molecule has 16 nitrogen and oxygen atoms in total. The number of benzene rings is 4. The Labute approximate surface area is 654 Å². The van der Waals surface area contributed by atoms with E-state index in [1.54, 1.807) is 92.0 Å². The summed E-state index contributed by atoms with van der Waals surface area (Å²) in [6.45, 7) is 19.2. The van der Waals surface area contributed by atoms with Crippen LogP contribution in [-0.2, 0) is 80.4 Å². The molecule has 8 aromatic heterocycles. The first-order chi connectivity index (χ1) is 47.0. The SMILES string of the molecule is CC(O)CC(C)O.CC(O)CC(C)O.CC(O)CC(C)O.CC(O)CC(C)O.Cc1ccc(-c2ccc3cc(F)ccc3n2)nc1.Cc1cccc(-c2ccc3cc(F)ccc3n2)n1.Cc1ccnc(-c2ccc3cc(F)ccc3n2)c1.Fc1ccc2nc(-c3ccccn3)ccc2c1.[Ir].[Ir].[Ir].[Ir]. The molecule has 103 heavy (non-hydrogen) atoms. The molecule has 4 aromatic carbocycles. The summed E-state index contributed by atoms with van der Waals surface area (Å²) in [7, 11) is 0. The Hall–Kier alpha value is -6.88. The standard InChI is InChI=1S/3C15H11FN2.C14H9FN2.4C5H12O2.4Ir/c1-10-2-5-14(17-9-10)15-6-3-11-8-12(16)4-7-13(11)18-15;1-10-6-7-17-15(8-10)14-4-2-11-9-12(16)3-5-13(11)18-14;1-10-3-2-4-14(17-10)15-7-5-11-9-12(16)6-8-13(11)18-15;15-11-5-7-12-10(9-11)4-6-14(17-12)13-3-1-2-8-16-13;4*1-4(6)3-5(2)7;;;;/h3*2-9H,1H3;1-9H;4*4-7H,3H2,1-2H3;;;;. The van der Waals surface area contributed by atoms with Crippen LogP contribution in [0, 0.1) is 44.0 Å². The number of aliphatic hydroxyl groups is 8. The number of aromatic nitrogens is 8. The molecule has 8 heterocycles. The number of fused-ring (bicyclic) bond motifs is 4. The molecule has 0 saturated heterocycles. The maximum absolute atomic E-state index is 13.1. The van der Waals surface area contributed by atoms with E-state index in [0.717, 1.165) is 106 Å². The molecule has 0 aliphatic rings. The summed E-state index contributed by atoms with van der Waals surface area (Å²) in [6.07, 6.45) is 4.19. The van der Waals surface area contributed by atoms with Gasteiger partial charge in [0.15, 0.2) is 0 Å². The van der Waals surface area contributed by atoms with Gasteiger partial charge in [0.2, 0.25) is 0 Å². The number of aliphatic hydroxyl groups excluding tert-OH is 8. The number of hydrogen-bond acceptors (Lipinski definition) is 16. The largest absolute Gasteiger partial charge is 0.393 e. The molecule has 8 N–H and O–H groups in total. The van der Waals surface area contributed by atoms with E-state index in [0.29, 0.717) is 25.7 Å². The fourth-order valence-corrected chi connectivity index (χ4v) is 9.43. The Morgan fingerprint density at radius 2 is 0.573 bits per heavy atom. The summed E-state index contributed by atoms with van der Waals surface area (Å²) in [5.41, 5.74) is 12.8. The van der Waals surface area contributed by atoms with Gasteiger partial charge in [-0.1, -0.05) is 42.5 Å². The van der Waals surface area contributed by atoms with E-state index in [1.165, 1.54) is 48.5 Å². The van der Waals surface area contributed by atoms with Gasteiger partial charge in [0.1, 0.15) is 23.3 Å². The van der Waals surface area contributed by atoms with Crippen LogP contribution in [0.25, 0.3) is 89.2 Å². The maximum atomic E-state index is 13.1. The zero-order valence-corrected chi connectivity index (χ0v) is 68.6. The molecular weight excluding hydrogens is 2030 g/mol. The monoisotopic (exact) mass is 2130 g/mol. The van der Waals surface area contributed by atoms with Gasteiger partial charge in [-0.25, -0.2) is 37.5 Å². The van der Waals surface area contributed by atoms with Crippen molar-refractivity contribution in [2.24, 2.45) is 0 Å². The minimum absolute atomic E-state index is 0. The predicted octanol–water partition coefficient (Wildman–Crippen LogP) is 15.2. The van der Waals surface area contributed by atoms with Gasteiger partial charge in [-0.2, -0.15) is 0 Å². The molecule has 24 heteroatoms. The normalized spacial score (nSPS) is 12.5. The third-order valence-corrected chi connectivity index (χ3v) is 13.8. The molecule has 0 fully saturated rings. The second-order valence-corrected chi connectivity index (χ2v) is 24.2. The first-order valence-corrected chi connectivity index (χ1v) is 32.4. The minimum Gasteiger partial charge on any atom is -0.393 e. The van der Waals surface area contributed by atoms with Crippen LogP contribution in [0.2, 0.25) is 0 Å². The topological polar surface area (TPSA) is 265 Å². The van der Waals surface area contributed by atoms with Crippen LogP contribution in [0.5, 0.6) is 0 Å². The van der Waals surface area contributed by atoms with E-state index in [2.05, 4.69) is 39.9 Å². The van der Waals surface area contributed by atoms with Crippen LogP contribution < -0.4 is 0 Å². The molecule has 4 radical (unpaired) electrons. The zero-order chi connectivity index (χ0) is 72.7.